The van der Waals surface area contributed by atoms with Crippen LogP contribution < -0.4 is 0 Å². The van der Waals surface area contributed by atoms with Crippen LogP contribution in [0, 0.1) is 5.82 Å². The van der Waals surface area contributed by atoms with Gasteiger partial charge in [0, 0.05) is 6.42 Å². The highest BCUT2D eigenvalue weighted by Crippen LogP contribution is 2.31. The van der Waals surface area contributed by atoms with Crippen molar-refractivity contribution in [1.82, 2.24) is 9.36 Å². The van der Waals surface area contributed by atoms with Crippen molar-refractivity contribution in [2.45, 2.75) is 22.6 Å². The lowest BCUT2D eigenvalue weighted by Crippen LogP contribution is -1.97. The van der Waals surface area contributed by atoms with Crippen molar-refractivity contribution in [3.05, 3.63) is 35.4 Å². The monoisotopic (exact) mass is 284 g/mol. The van der Waals surface area contributed by atoms with Gasteiger partial charge in [0.2, 0.25) is 0 Å². The highest BCUT2D eigenvalue weighted by molar-refractivity contribution is 8.01. The fraction of sp³-hybridized carbons (Fsp3) is 0.182. The first-order chi connectivity index (χ1) is 8.60. The lowest BCUT2D eigenvalue weighted by Gasteiger charge is -2.01. The van der Waals surface area contributed by atoms with Gasteiger partial charge in [-0.3, -0.25) is 0 Å². The van der Waals surface area contributed by atoms with Crippen molar-refractivity contribution >= 4 is 29.3 Å². The van der Waals surface area contributed by atoms with Crippen molar-refractivity contribution in [2.24, 2.45) is 0 Å². The quantitative estimate of drug-likeness (QED) is 0.934. The minimum Gasteiger partial charge on any atom is -0.478 e. The number of benzene rings is 1. The van der Waals surface area contributed by atoms with Gasteiger partial charge in [-0.25, -0.2) is 14.2 Å². The van der Waals surface area contributed by atoms with Gasteiger partial charge in [-0.15, -0.1) is 0 Å². The van der Waals surface area contributed by atoms with Crippen LogP contribution in [-0.2, 0) is 6.42 Å². The topological polar surface area (TPSA) is 63.1 Å². The Morgan fingerprint density at radius 3 is 2.89 bits per heavy atom. The van der Waals surface area contributed by atoms with E-state index in [2.05, 4.69) is 9.36 Å². The molecule has 0 atom stereocenters. The zero-order valence-corrected chi connectivity index (χ0v) is 11.0. The molecular weight excluding hydrogens is 275 g/mol. The SMILES string of the molecule is CCc1nsc(Sc2ccc(C(=O)O)cc2F)n1. The van der Waals surface area contributed by atoms with Gasteiger partial charge in [0.15, 0.2) is 4.34 Å². The highest BCUT2D eigenvalue weighted by atomic mass is 32.2. The number of hydrogen-bond acceptors (Lipinski definition) is 5. The molecule has 0 unspecified atom stereocenters. The number of halogens is 1. The number of carbonyl (C=O) groups is 1. The van der Waals surface area contributed by atoms with E-state index in [1.165, 1.54) is 23.7 Å². The second-order valence-corrected chi connectivity index (χ2v) is 5.42. The van der Waals surface area contributed by atoms with Crippen molar-refractivity contribution in [2.75, 3.05) is 0 Å². The van der Waals surface area contributed by atoms with Crippen LogP contribution in [0.25, 0.3) is 0 Å². The van der Waals surface area contributed by atoms with Crippen LogP contribution in [0.3, 0.4) is 0 Å². The Morgan fingerprint density at radius 2 is 2.33 bits per heavy atom. The zero-order chi connectivity index (χ0) is 13.1. The Balaban J connectivity index is 2.21. The first kappa shape index (κ1) is 13.0. The standard InChI is InChI=1S/C11H9FN2O2S2/c1-2-9-13-11(18-14-9)17-8-4-3-6(10(15)16)5-7(8)12/h3-5H,2H2,1H3,(H,15,16). The van der Waals surface area contributed by atoms with Crippen molar-refractivity contribution < 1.29 is 14.3 Å². The average Bonchev–Trinajstić information content (AvgIpc) is 2.79. The maximum Gasteiger partial charge on any atom is 0.335 e. The number of carboxylic acids is 1. The fourth-order valence-electron chi connectivity index (χ4n) is 1.23. The van der Waals surface area contributed by atoms with E-state index in [4.69, 9.17) is 5.11 Å². The van der Waals surface area contributed by atoms with Gasteiger partial charge in [-0.1, -0.05) is 18.7 Å². The molecule has 0 saturated carbocycles. The van der Waals surface area contributed by atoms with Crippen LogP contribution in [0.4, 0.5) is 4.39 Å². The van der Waals surface area contributed by atoms with Crippen LogP contribution >= 0.6 is 23.3 Å². The Morgan fingerprint density at radius 1 is 1.56 bits per heavy atom. The average molecular weight is 284 g/mol. The second-order valence-electron chi connectivity index (χ2n) is 3.38. The molecule has 2 rings (SSSR count). The Labute approximate surface area is 111 Å². The number of carboxylic acid groups (broad SMARTS) is 1. The maximum atomic E-state index is 13.7. The normalized spacial score (nSPS) is 10.6. The molecule has 94 valence electrons. The first-order valence-corrected chi connectivity index (χ1v) is 6.72. The van der Waals surface area contributed by atoms with Gasteiger partial charge in [-0.05, 0) is 29.7 Å². The summed E-state index contributed by atoms with van der Waals surface area (Å²) in [7, 11) is 0. The molecule has 0 amide bonds. The summed E-state index contributed by atoms with van der Waals surface area (Å²) in [6, 6.07) is 3.82. The number of aromatic nitrogens is 2. The molecule has 1 N–H and O–H groups in total. The van der Waals surface area contributed by atoms with Gasteiger partial charge in [0.05, 0.1) is 10.5 Å². The van der Waals surface area contributed by atoms with Crippen molar-refractivity contribution in [3.8, 4) is 0 Å². The van der Waals surface area contributed by atoms with Crippen LogP contribution in [0.1, 0.15) is 23.1 Å². The number of rotatable bonds is 4. The van der Waals surface area contributed by atoms with Crippen LogP contribution in [0.2, 0.25) is 0 Å². The number of hydrogen-bond donors (Lipinski definition) is 1. The van der Waals surface area contributed by atoms with Crippen molar-refractivity contribution in [3.63, 3.8) is 0 Å². The molecule has 0 spiro atoms. The molecule has 1 aromatic heterocycles. The number of nitrogens with zero attached hydrogens (tertiary/aromatic N) is 2. The minimum atomic E-state index is -1.14. The fourth-order valence-corrected chi connectivity index (χ4v) is 2.90. The highest BCUT2D eigenvalue weighted by Gasteiger charge is 2.11. The van der Waals surface area contributed by atoms with E-state index in [-0.39, 0.29) is 5.56 Å². The molecular formula is C11H9FN2O2S2. The van der Waals surface area contributed by atoms with E-state index in [1.54, 1.807) is 0 Å². The minimum absolute atomic E-state index is 0.0663. The van der Waals surface area contributed by atoms with Gasteiger partial charge in [0.25, 0.3) is 0 Å². The van der Waals surface area contributed by atoms with E-state index in [0.29, 0.717) is 9.24 Å². The van der Waals surface area contributed by atoms with Crippen LogP contribution in [-0.4, -0.2) is 20.4 Å². The van der Waals surface area contributed by atoms with Crippen LogP contribution in [0.5, 0.6) is 0 Å². The second kappa shape index (κ2) is 5.45. The molecule has 0 saturated heterocycles. The maximum absolute atomic E-state index is 13.7. The number of aryl methyl sites for hydroxylation is 1. The summed E-state index contributed by atoms with van der Waals surface area (Å²) in [6.45, 7) is 1.94. The molecule has 4 nitrogen and oxygen atoms in total. The van der Waals surface area contributed by atoms with E-state index in [0.717, 1.165) is 30.1 Å². The van der Waals surface area contributed by atoms with Gasteiger partial charge < -0.3 is 5.11 Å². The van der Waals surface area contributed by atoms with Gasteiger partial charge in [0.1, 0.15) is 11.6 Å². The van der Waals surface area contributed by atoms with E-state index >= 15 is 0 Å². The summed E-state index contributed by atoms with van der Waals surface area (Å²) < 4.78 is 18.4. The Kier molecular flexibility index (Phi) is 3.93. The predicted molar refractivity (Wildman–Crippen MR) is 66.8 cm³/mol. The third-order valence-corrected chi connectivity index (χ3v) is 3.98. The smallest absolute Gasteiger partial charge is 0.335 e. The molecule has 0 radical (unpaired) electrons. The van der Waals surface area contributed by atoms with Crippen LogP contribution in [0.15, 0.2) is 27.4 Å². The summed E-state index contributed by atoms with van der Waals surface area (Å²) in [5.74, 6) is -0.979. The Bertz CT molecular complexity index is 586. The van der Waals surface area contributed by atoms with E-state index in [1.807, 2.05) is 6.92 Å². The molecule has 0 aliphatic heterocycles. The molecule has 0 aliphatic rings. The third-order valence-electron chi connectivity index (χ3n) is 2.14. The molecule has 18 heavy (non-hydrogen) atoms. The van der Waals surface area contributed by atoms with Crippen molar-refractivity contribution in [1.29, 1.82) is 0 Å². The molecule has 1 aromatic carbocycles. The molecule has 2 aromatic rings. The lowest BCUT2D eigenvalue weighted by atomic mass is 10.2. The largest absolute Gasteiger partial charge is 0.478 e. The first-order valence-electron chi connectivity index (χ1n) is 5.13. The summed E-state index contributed by atoms with van der Waals surface area (Å²) in [5.41, 5.74) is -0.0663. The zero-order valence-electron chi connectivity index (χ0n) is 9.38. The predicted octanol–water partition coefficient (Wildman–Crippen LogP) is 3.09. The summed E-state index contributed by atoms with van der Waals surface area (Å²) in [6.07, 6.45) is 0.734. The Hall–Kier alpha value is -1.47. The number of aromatic carboxylic acids is 1. The molecule has 0 fully saturated rings. The molecule has 7 heteroatoms. The lowest BCUT2D eigenvalue weighted by molar-refractivity contribution is 0.0696. The van der Waals surface area contributed by atoms with E-state index in [9.17, 15) is 9.18 Å². The third kappa shape index (κ3) is 2.85. The summed E-state index contributed by atoms with van der Waals surface area (Å²) in [4.78, 5) is 15.2. The molecule has 0 bridgehead atoms. The molecule has 1 heterocycles. The van der Waals surface area contributed by atoms with Gasteiger partial charge in [-0.2, -0.15) is 4.37 Å². The molecule has 0 aliphatic carbocycles. The summed E-state index contributed by atoms with van der Waals surface area (Å²) in [5, 5.41) is 8.73. The van der Waals surface area contributed by atoms with E-state index < -0.39 is 11.8 Å². The van der Waals surface area contributed by atoms with Gasteiger partial charge >= 0.3 is 5.97 Å². The summed E-state index contributed by atoms with van der Waals surface area (Å²) >= 11 is 2.35.